The average Bonchev–Trinajstić information content (AvgIpc) is 2.19. The largest absolute Gasteiger partial charge is 0.329 e. The Morgan fingerprint density at radius 2 is 2.29 bits per heavy atom. The highest BCUT2D eigenvalue weighted by Gasteiger charge is 2.03. The Bertz CT molecular complexity index is 306. The highest BCUT2D eigenvalue weighted by Crippen LogP contribution is 2.21. The van der Waals surface area contributed by atoms with Gasteiger partial charge in [0.1, 0.15) is 5.82 Å². The molecule has 0 fully saturated rings. The second-order valence-corrected chi connectivity index (χ2v) is 4.94. The van der Waals surface area contributed by atoms with Crippen LogP contribution in [0.1, 0.15) is 12.5 Å². The van der Waals surface area contributed by atoms with Gasteiger partial charge in [0.2, 0.25) is 0 Å². The molecule has 1 aromatic rings. The number of thioether (sulfide) groups is 1. The van der Waals surface area contributed by atoms with E-state index in [0.29, 0.717) is 11.8 Å². The van der Waals surface area contributed by atoms with E-state index in [1.807, 2.05) is 0 Å². The lowest BCUT2D eigenvalue weighted by Gasteiger charge is -2.08. The van der Waals surface area contributed by atoms with Crippen LogP contribution in [0, 0.1) is 5.82 Å². The third kappa shape index (κ3) is 3.48. The summed E-state index contributed by atoms with van der Waals surface area (Å²) >= 11 is 7.39. The van der Waals surface area contributed by atoms with E-state index in [4.69, 9.17) is 17.3 Å². The Kier molecular flexibility index (Phi) is 4.72. The van der Waals surface area contributed by atoms with E-state index in [0.717, 1.165) is 11.3 Å². The van der Waals surface area contributed by atoms with Gasteiger partial charge in [0.05, 0.1) is 5.02 Å². The summed E-state index contributed by atoms with van der Waals surface area (Å²) in [7, 11) is 0. The first-order valence-corrected chi connectivity index (χ1v) is 5.81. The first-order valence-electron chi connectivity index (χ1n) is 4.39. The summed E-state index contributed by atoms with van der Waals surface area (Å²) in [6.07, 6.45) is 0. The molecule has 0 bridgehead atoms. The number of halogens is 2. The summed E-state index contributed by atoms with van der Waals surface area (Å²) in [6, 6.07) is 4.80. The molecule has 78 valence electrons. The van der Waals surface area contributed by atoms with Crippen molar-refractivity contribution in [3.05, 3.63) is 34.6 Å². The molecule has 0 heterocycles. The Morgan fingerprint density at radius 1 is 1.57 bits per heavy atom. The minimum Gasteiger partial charge on any atom is -0.329 e. The molecule has 0 spiro atoms. The fourth-order valence-electron chi connectivity index (χ4n) is 0.936. The van der Waals surface area contributed by atoms with E-state index in [2.05, 4.69) is 6.92 Å². The van der Waals surface area contributed by atoms with Gasteiger partial charge in [-0.3, -0.25) is 0 Å². The molecule has 0 saturated carbocycles. The number of hydrogen-bond acceptors (Lipinski definition) is 2. The van der Waals surface area contributed by atoms with Crippen molar-refractivity contribution in [3.63, 3.8) is 0 Å². The van der Waals surface area contributed by atoms with E-state index >= 15 is 0 Å². The van der Waals surface area contributed by atoms with Crippen LogP contribution in [0.2, 0.25) is 5.02 Å². The predicted octanol–water partition coefficient (Wildman–Crippen LogP) is 3.06. The lowest BCUT2D eigenvalue weighted by molar-refractivity contribution is 0.628. The van der Waals surface area contributed by atoms with Gasteiger partial charge in [0, 0.05) is 17.5 Å². The molecule has 1 unspecified atom stereocenters. The van der Waals surface area contributed by atoms with Crippen LogP contribution in [0.25, 0.3) is 0 Å². The molecular formula is C10H13ClFNS. The van der Waals surface area contributed by atoms with Crippen molar-refractivity contribution in [2.45, 2.75) is 17.9 Å². The zero-order chi connectivity index (χ0) is 10.6. The normalized spacial score (nSPS) is 12.9. The molecule has 1 aromatic carbocycles. The molecule has 0 saturated heterocycles. The molecule has 0 amide bonds. The van der Waals surface area contributed by atoms with Gasteiger partial charge in [-0.1, -0.05) is 24.6 Å². The van der Waals surface area contributed by atoms with E-state index in [1.165, 1.54) is 6.07 Å². The van der Waals surface area contributed by atoms with Crippen LogP contribution >= 0.6 is 23.4 Å². The summed E-state index contributed by atoms with van der Waals surface area (Å²) in [5.74, 6) is 0.450. The van der Waals surface area contributed by atoms with Crippen LogP contribution in [-0.2, 0) is 5.75 Å². The van der Waals surface area contributed by atoms with Gasteiger partial charge in [-0.2, -0.15) is 11.8 Å². The van der Waals surface area contributed by atoms with Crippen molar-refractivity contribution < 1.29 is 4.39 Å². The topological polar surface area (TPSA) is 26.0 Å². The summed E-state index contributed by atoms with van der Waals surface area (Å²) in [5.41, 5.74) is 6.51. The second-order valence-electron chi connectivity index (χ2n) is 3.11. The molecule has 1 nitrogen and oxygen atoms in total. The highest BCUT2D eigenvalue weighted by atomic mass is 35.5. The van der Waals surface area contributed by atoms with Gasteiger partial charge in [-0.05, 0) is 17.7 Å². The van der Waals surface area contributed by atoms with Crippen LogP contribution < -0.4 is 5.73 Å². The highest BCUT2D eigenvalue weighted by molar-refractivity contribution is 7.99. The molecule has 0 aliphatic heterocycles. The maximum Gasteiger partial charge on any atom is 0.141 e. The van der Waals surface area contributed by atoms with Gasteiger partial charge in [-0.15, -0.1) is 0 Å². The van der Waals surface area contributed by atoms with Crippen molar-refractivity contribution in [1.29, 1.82) is 0 Å². The molecule has 2 N–H and O–H groups in total. The van der Waals surface area contributed by atoms with Crippen molar-refractivity contribution >= 4 is 23.4 Å². The zero-order valence-electron chi connectivity index (χ0n) is 7.97. The third-order valence-electron chi connectivity index (χ3n) is 1.85. The Morgan fingerprint density at radius 3 is 2.86 bits per heavy atom. The maximum atomic E-state index is 12.8. The van der Waals surface area contributed by atoms with Crippen LogP contribution in [-0.4, -0.2) is 11.8 Å². The van der Waals surface area contributed by atoms with Crippen molar-refractivity contribution in [2.24, 2.45) is 5.73 Å². The van der Waals surface area contributed by atoms with E-state index in [1.54, 1.807) is 23.9 Å². The molecule has 1 atom stereocenters. The van der Waals surface area contributed by atoms with E-state index in [-0.39, 0.29) is 10.8 Å². The fourth-order valence-corrected chi connectivity index (χ4v) is 1.93. The van der Waals surface area contributed by atoms with E-state index in [9.17, 15) is 4.39 Å². The van der Waals surface area contributed by atoms with Gasteiger partial charge < -0.3 is 5.73 Å². The quantitative estimate of drug-likeness (QED) is 0.865. The molecule has 0 aromatic heterocycles. The van der Waals surface area contributed by atoms with Crippen LogP contribution in [0.15, 0.2) is 18.2 Å². The minimum absolute atomic E-state index is 0.184. The third-order valence-corrected chi connectivity index (χ3v) is 3.40. The Hall–Kier alpha value is -0.250. The second kappa shape index (κ2) is 5.59. The average molecular weight is 234 g/mol. The van der Waals surface area contributed by atoms with Crippen molar-refractivity contribution in [2.75, 3.05) is 6.54 Å². The fraction of sp³-hybridized carbons (Fsp3) is 0.400. The summed E-state index contributed by atoms with van der Waals surface area (Å²) in [6.45, 7) is 2.72. The monoisotopic (exact) mass is 233 g/mol. The summed E-state index contributed by atoms with van der Waals surface area (Å²) < 4.78 is 12.8. The van der Waals surface area contributed by atoms with Crippen LogP contribution in [0.5, 0.6) is 0 Å². The van der Waals surface area contributed by atoms with Gasteiger partial charge in [0.15, 0.2) is 0 Å². The van der Waals surface area contributed by atoms with Gasteiger partial charge in [0.25, 0.3) is 0 Å². The molecule has 4 heteroatoms. The number of rotatable bonds is 4. The lowest BCUT2D eigenvalue weighted by Crippen LogP contribution is -2.12. The summed E-state index contributed by atoms with van der Waals surface area (Å²) in [4.78, 5) is 0. The number of benzene rings is 1. The smallest absolute Gasteiger partial charge is 0.141 e. The van der Waals surface area contributed by atoms with Gasteiger partial charge >= 0.3 is 0 Å². The standard InChI is InChI=1S/C10H13ClFNS/c1-7(5-13)14-6-8-2-3-10(12)9(11)4-8/h2-4,7H,5-6,13H2,1H3. The first-order chi connectivity index (χ1) is 6.63. The van der Waals surface area contributed by atoms with Crippen LogP contribution in [0.4, 0.5) is 4.39 Å². The molecule has 1 rings (SSSR count). The molecular weight excluding hydrogens is 221 g/mol. The SMILES string of the molecule is CC(CN)SCc1ccc(F)c(Cl)c1. The zero-order valence-corrected chi connectivity index (χ0v) is 9.54. The predicted molar refractivity (Wildman–Crippen MR) is 61.2 cm³/mol. The van der Waals surface area contributed by atoms with Gasteiger partial charge in [-0.25, -0.2) is 4.39 Å². The van der Waals surface area contributed by atoms with E-state index < -0.39 is 0 Å². The molecule has 0 radical (unpaired) electrons. The molecule has 0 aliphatic carbocycles. The van der Waals surface area contributed by atoms with Crippen LogP contribution in [0.3, 0.4) is 0 Å². The minimum atomic E-state index is -0.368. The van der Waals surface area contributed by atoms with Crippen molar-refractivity contribution in [1.82, 2.24) is 0 Å². The lowest BCUT2D eigenvalue weighted by atomic mass is 10.2. The Balaban J connectivity index is 2.55. The number of nitrogens with two attached hydrogens (primary N) is 1. The Labute approximate surface area is 92.8 Å². The maximum absolute atomic E-state index is 12.8. The summed E-state index contributed by atoms with van der Waals surface area (Å²) in [5, 5.41) is 0.599. The molecule has 0 aliphatic rings. The van der Waals surface area contributed by atoms with Crippen molar-refractivity contribution in [3.8, 4) is 0 Å². The number of hydrogen-bond donors (Lipinski definition) is 1. The first kappa shape index (κ1) is 11.8. The molecule has 14 heavy (non-hydrogen) atoms.